The number of aryl methyl sites for hydroxylation is 2. The van der Waals surface area contributed by atoms with Gasteiger partial charge in [0.25, 0.3) is 5.91 Å². The molecular weight excluding hydrogens is 436 g/mol. The minimum absolute atomic E-state index is 0.112. The van der Waals surface area contributed by atoms with Crippen molar-refractivity contribution in [3.05, 3.63) is 83.4 Å². The van der Waals surface area contributed by atoms with Crippen molar-refractivity contribution >= 4 is 28.1 Å². The molecule has 0 unspecified atom stereocenters. The first-order valence-corrected chi connectivity index (χ1v) is 12.1. The Kier molecular flexibility index (Phi) is 5.06. The molecule has 4 heterocycles. The predicted molar refractivity (Wildman–Crippen MR) is 138 cm³/mol. The normalized spacial score (nSPS) is 14.7. The number of nitrogen functional groups attached to an aromatic ring is 1. The van der Waals surface area contributed by atoms with Gasteiger partial charge in [0.05, 0.1) is 5.69 Å². The standard InChI is InChI=1S/C28H28N6O/c1-17-7-8-21(18(2)15-17)28(35)33-12-9-19(10-13-33)27-32-24(25-26(29)30-11-14-34(25)27)23-16-20-5-3-4-6-22(20)31-23/h3-8,11,14-16,19,31H,9-10,12-13H2,1-2H3,(H2,29,30). The van der Waals surface area contributed by atoms with Gasteiger partial charge in [-0.1, -0.05) is 35.9 Å². The average Bonchev–Trinajstić information content (AvgIpc) is 3.46. The highest BCUT2D eigenvalue weighted by atomic mass is 16.2. The summed E-state index contributed by atoms with van der Waals surface area (Å²) in [7, 11) is 0. The number of amides is 1. The first-order valence-electron chi connectivity index (χ1n) is 12.1. The minimum atomic E-state index is 0.112. The third-order valence-corrected chi connectivity index (χ3v) is 7.16. The maximum absolute atomic E-state index is 13.2. The lowest BCUT2D eigenvalue weighted by molar-refractivity contribution is 0.0710. The highest BCUT2D eigenvalue weighted by Gasteiger charge is 2.29. The van der Waals surface area contributed by atoms with E-state index in [0.717, 1.165) is 57.6 Å². The number of piperidine rings is 1. The number of rotatable bonds is 3. The highest BCUT2D eigenvalue weighted by molar-refractivity contribution is 5.96. The molecule has 0 spiro atoms. The Morgan fingerprint density at radius 1 is 1.09 bits per heavy atom. The zero-order chi connectivity index (χ0) is 24.1. The smallest absolute Gasteiger partial charge is 0.254 e. The van der Waals surface area contributed by atoms with Crippen LogP contribution in [0.15, 0.2) is 60.9 Å². The van der Waals surface area contributed by atoms with Crippen LogP contribution in [0.4, 0.5) is 5.82 Å². The fraction of sp³-hybridized carbons (Fsp3) is 0.250. The molecule has 35 heavy (non-hydrogen) atoms. The highest BCUT2D eigenvalue weighted by Crippen LogP contribution is 2.35. The van der Waals surface area contributed by atoms with Gasteiger partial charge in [-0.05, 0) is 50.5 Å². The van der Waals surface area contributed by atoms with Crippen molar-refractivity contribution in [2.75, 3.05) is 18.8 Å². The topological polar surface area (TPSA) is 92.3 Å². The number of nitrogens with one attached hydrogen (secondary N) is 1. The van der Waals surface area contributed by atoms with Gasteiger partial charge in [-0.25, -0.2) is 9.97 Å². The van der Waals surface area contributed by atoms with Crippen LogP contribution in [0.3, 0.4) is 0 Å². The predicted octanol–water partition coefficient (Wildman–Crippen LogP) is 5.10. The molecule has 6 rings (SSSR count). The van der Waals surface area contributed by atoms with E-state index in [1.807, 2.05) is 49.2 Å². The van der Waals surface area contributed by atoms with E-state index in [-0.39, 0.29) is 11.8 Å². The van der Waals surface area contributed by atoms with Gasteiger partial charge in [0, 0.05) is 47.9 Å². The van der Waals surface area contributed by atoms with E-state index in [4.69, 9.17) is 10.7 Å². The van der Waals surface area contributed by atoms with Crippen molar-refractivity contribution in [1.29, 1.82) is 0 Å². The summed E-state index contributed by atoms with van der Waals surface area (Å²) in [5, 5.41) is 1.13. The number of benzene rings is 2. The van der Waals surface area contributed by atoms with E-state index in [0.29, 0.717) is 18.9 Å². The number of carbonyl (C=O) groups is 1. The van der Waals surface area contributed by atoms with Gasteiger partial charge in [-0.15, -0.1) is 0 Å². The minimum Gasteiger partial charge on any atom is -0.382 e. The number of hydrogen-bond donors (Lipinski definition) is 2. The number of likely N-dealkylation sites (tertiary alicyclic amines) is 1. The first-order chi connectivity index (χ1) is 17.0. The number of fused-ring (bicyclic) bond motifs is 2. The molecule has 3 N–H and O–H groups in total. The van der Waals surface area contributed by atoms with Crippen LogP contribution in [0.2, 0.25) is 0 Å². The molecule has 2 aromatic carbocycles. The second-order valence-corrected chi connectivity index (χ2v) is 9.50. The summed E-state index contributed by atoms with van der Waals surface area (Å²) in [6, 6.07) is 16.3. The van der Waals surface area contributed by atoms with Crippen LogP contribution in [0.25, 0.3) is 27.8 Å². The van der Waals surface area contributed by atoms with Crippen LogP contribution < -0.4 is 5.73 Å². The van der Waals surface area contributed by atoms with E-state index in [1.165, 1.54) is 5.56 Å². The van der Waals surface area contributed by atoms with Gasteiger partial charge in [0.1, 0.15) is 22.9 Å². The zero-order valence-corrected chi connectivity index (χ0v) is 20.0. The molecular formula is C28H28N6O. The van der Waals surface area contributed by atoms with Gasteiger partial charge in [-0.3, -0.25) is 9.20 Å². The monoisotopic (exact) mass is 464 g/mol. The second-order valence-electron chi connectivity index (χ2n) is 9.50. The van der Waals surface area contributed by atoms with Crippen LogP contribution in [-0.4, -0.2) is 43.2 Å². The molecule has 1 amide bonds. The van der Waals surface area contributed by atoms with Gasteiger partial charge >= 0.3 is 0 Å². The van der Waals surface area contributed by atoms with Gasteiger partial charge < -0.3 is 15.6 Å². The van der Waals surface area contributed by atoms with Gasteiger partial charge in [0.15, 0.2) is 0 Å². The van der Waals surface area contributed by atoms with Crippen LogP contribution in [0, 0.1) is 13.8 Å². The number of H-pyrrole nitrogens is 1. The number of nitrogens with zero attached hydrogens (tertiary/aromatic N) is 4. The quantitative estimate of drug-likeness (QED) is 0.389. The molecule has 176 valence electrons. The number of anilines is 1. The molecule has 7 heteroatoms. The van der Waals surface area contributed by atoms with Crippen molar-refractivity contribution in [2.24, 2.45) is 0 Å². The number of nitrogens with two attached hydrogens (primary N) is 1. The van der Waals surface area contributed by atoms with Crippen molar-refractivity contribution in [2.45, 2.75) is 32.6 Å². The molecule has 0 saturated carbocycles. The van der Waals surface area contributed by atoms with Crippen molar-refractivity contribution in [1.82, 2.24) is 24.3 Å². The van der Waals surface area contributed by atoms with Crippen LogP contribution in [0.1, 0.15) is 46.1 Å². The van der Waals surface area contributed by atoms with Crippen LogP contribution >= 0.6 is 0 Å². The number of aromatic amines is 1. The Hall–Kier alpha value is -4.13. The fourth-order valence-electron chi connectivity index (χ4n) is 5.33. The average molecular weight is 465 g/mol. The fourth-order valence-corrected chi connectivity index (χ4v) is 5.33. The molecule has 0 radical (unpaired) electrons. The maximum Gasteiger partial charge on any atom is 0.254 e. The second kappa shape index (κ2) is 8.27. The summed E-state index contributed by atoms with van der Waals surface area (Å²) in [5.41, 5.74) is 13.0. The van der Waals surface area contributed by atoms with Crippen LogP contribution in [0.5, 0.6) is 0 Å². The van der Waals surface area contributed by atoms with E-state index < -0.39 is 0 Å². The van der Waals surface area contributed by atoms with Crippen LogP contribution in [-0.2, 0) is 0 Å². The van der Waals surface area contributed by atoms with Gasteiger partial charge in [-0.2, -0.15) is 0 Å². The summed E-state index contributed by atoms with van der Waals surface area (Å²) in [6.07, 6.45) is 5.36. The van der Waals surface area contributed by atoms with E-state index in [9.17, 15) is 4.79 Å². The molecule has 1 aliphatic heterocycles. The van der Waals surface area contributed by atoms with Crippen molar-refractivity contribution < 1.29 is 4.79 Å². The molecule has 1 saturated heterocycles. The lowest BCUT2D eigenvalue weighted by Gasteiger charge is -2.32. The Labute approximate surface area is 203 Å². The molecule has 3 aromatic heterocycles. The molecule has 0 atom stereocenters. The summed E-state index contributed by atoms with van der Waals surface area (Å²) in [5.74, 6) is 1.77. The summed E-state index contributed by atoms with van der Waals surface area (Å²) in [6.45, 7) is 5.46. The maximum atomic E-state index is 13.2. The zero-order valence-electron chi connectivity index (χ0n) is 20.0. The Morgan fingerprint density at radius 2 is 1.89 bits per heavy atom. The molecule has 1 aliphatic rings. The van der Waals surface area contributed by atoms with Crippen molar-refractivity contribution in [3.63, 3.8) is 0 Å². The molecule has 5 aromatic rings. The molecule has 7 nitrogen and oxygen atoms in total. The van der Waals surface area contributed by atoms with E-state index in [2.05, 4.69) is 38.6 Å². The molecule has 1 fully saturated rings. The molecule has 0 aliphatic carbocycles. The third-order valence-electron chi connectivity index (χ3n) is 7.16. The number of para-hydroxylation sites is 1. The summed E-state index contributed by atoms with van der Waals surface area (Å²) >= 11 is 0. The summed E-state index contributed by atoms with van der Waals surface area (Å²) < 4.78 is 2.08. The van der Waals surface area contributed by atoms with E-state index in [1.54, 1.807) is 6.20 Å². The summed E-state index contributed by atoms with van der Waals surface area (Å²) in [4.78, 5) is 28.1. The number of carbonyl (C=O) groups excluding carboxylic acids is 1. The SMILES string of the molecule is Cc1ccc(C(=O)N2CCC(c3nc(-c4cc5ccccc5[nH]4)c4c(N)nccn34)CC2)c(C)c1. The first kappa shape index (κ1) is 21.4. The van der Waals surface area contributed by atoms with E-state index >= 15 is 0 Å². The third kappa shape index (κ3) is 3.64. The number of imidazole rings is 1. The number of aromatic nitrogens is 4. The lowest BCUT2D eigenvalue weighted by Crippen LogP contribution is -2.38. The largest absolute Gasteiger partial charge is 0.382 e. The Balaban J connectivity index is 1.31. The molecule has 0 bridgehead atoms. The Morgan fingerprint density at radius 3 is 2.66 bits per heavy atom. The number of hydrogen-bond acceptors (Lipinski definition) is 4. The van der Waals surface area contributed by atoms with Crippen molar-refractivity contribution in [3.8, 4) is 11.4 Å². The Bertz CT molecular complexity index is 1540. The van der Waals surface area contributed by atoms with Gasteiger partial charge in [0.2, 0.25) is 0 Å². The lowest BCUT2D eigenvalue weighted by atomic mass is 9.95.